The van der Waals surface area contributed by atoms with Gasteiger partial charge in [0.2, 0.25) is 0 Å². The lowest BCUT2D eigenvalue weighted by molar-refractivity contribution is -0.115. The molecule has 1 aliphatic heterocycles. The Morgan fingerprint density at radius 3 is 2.58 bits per heavy atom. The number of benzene rings is 2. The highest BCUT2D eigenvalue weighted by Gasteiger charge is 2.23. The zero-order chi connectivity index (χ0) is 16.9. The van der Waals surface area contributed by atoms with Crippen molar-refractivity contribution < 1.29 is 9.90 Å². The summed E-state index contributed by atoms with van der Waals surface area (Å²) in [5.74, 6) is -0.104. The van der Waals surface area contributed by atoms with E-state index in [0.29, 0.717) is 15.8 Å². The average Bonchev–Trinajstić information content (AvgIpc) is 2.90. The number of amides is 1. The molecule has 1 amide bonds. The maximum atomic E-state index is 12.1. The number of phenols is 1. The molecule has 1 fully saturated rings. The number of rotatable bonds is 3. The normalized spacial score (nSPS) is 18.2. The number of para-hydroxylation sites is 2. The summed E-state index contributed by atoms with van der Waals surface area (Å²) in [5, 5.41) is 12.9. The molecule has 1 aliphatic rings. The Labute approximate surface area is 144 Å². The molecule has 24 heavy (non-hydrogen) atoms. The van der Waals surface area contributed by atoms with Gasteiger partial charge >= 0.3 is 0 Å². The molecular weight excluding hydrogens is 320 g/mol. The SMILES string of the molecule is CC(/C=C1\SC(=Nc2ccccc2O)NC1=O)=C\c1ccccc1. The summed E-state index contributed by atoms with van der Waals surface area (Å²) >= 11 is 1.26. The van der Waals surface area contributed by atoms with Crippen LogP contribution in [-0.4, -0.2) is 16.2 Å². The van der Waals surface area contributed by atoms with Crippen LogP contribution in [0.3, 0.4) is 0 Å². The van der Waals surface area contributed by atoms with Crippen LogP contribution in [0.4, 0.5) is 5.69 Å². The summed E-state index contributed by atoms with van der Waals surface area (Å²) in [4.78, 5) is 16.9. The number of aromatic hydroxyl groups is 1. The van der Waals surface area contributed by atoms with Gasteiger partial charge < -0.3 is 10.4 Å². The first-order valence-corrected chi connectivity index (χ1v) is 8.24. The smallest absolute Gasteiger partial charge is 0.264 e. The zero-order valence-electron chi connectivity index (χ0n) is 13.1. The van der Waals surface area contributed by atoms with Crippen LogP contribution in [0.15, 0.2) is 76.1 Å². The molecule has 0 bridgehead atoms. The van der Waals surface area contributed by atoms with E-state index in [0.717, 1.165) is 11.1 Å². The number of carbonyl (C=O) groups is 1. The number of nitrogens with zero attached hydrogens (tertiary/aromatic N) is 1. The molecule has 1 saturated heterocycles. The summed E-state index contributed by atoms with van der Waals surface area (Å²) in [6.45, 7) is 1.95. The molecule has 5 heteroatoms. The Morgan fingerprint density at radius 2 is 1.83 bits per heavy atom. The van der Waals surface area contributed by atoms with Crippen LogP contribution in [0.2, 0.25) is 0 Å². The Kier molecular flexibility index (Phi) is 4.82. The summed E-state index contributed by atoms with van der Waals surface area (Å²) < 4.78 is 0. The monoisotopic (exact) mass is 336 g/mol. The second kappa shape index (κ2) is 7.19. The topological polar surface area (TPSA) is 61.7 Å². The van der Waals surface area contributed by atoms with Gasteiger partial charge in [-0.05, 0) is 48.0 Å². The van der Waals surface area contributed by atoms with E-state index in [9.17, 15) is 9.90 Å². The first-order chi connectivity index (χ1) is 11.6. The van der Waals surface area contributed by atoms with Crippen molar-refractivity contribution in [1.29, 1.82) is 0 Å². The van der Waals surface area contributed by atoms with Crippen LogP contribution >= 0.6 is 11.8 Å². The van der Waals surface area contributed by atoms with E-state index in [1.165, 1.54) is 11.8 Å². The van der Waals surface area contributed by atoms with Crippen molar-refractivity contribution >= 4 is 34.6 Å². The van der Waals surface area contributed by atoms with E-state index in [1.54, 1.807) is 24.3 Å². The van der Waals surface area contributed by atoms with Crippen LogP contribution < -0.4 is 5.32 Å². The van der Waals surface area contributed by atoms with Gasteiger partial charge in [0.1, 0.15) is 11.4 Å². The third-order valence-corrected chi connectivity index (χ3v) is 4.22. The molecule has 1 heterocycles. The molecule has 2 N–H and O–H groups in total. The summed E-state index contributed by atoms with van der Waals surface area (Å²) in [6, 6.07) is 16.7. The van der Waals surface area contributed by atoms with Gasteiger partial charge in [0.05, 0.1) is 4.91 Å². The lowest BCUT2D eigenvalue weighted by atomic mass is 10.1. The quantitative estimate of drug-likeness (QED) is 0.825. The number of phenolic OH excluding ortho intramolecular Hbond substituents is 1. The number of nitrogens with one attached hydrogen (secondary N) is 1. The van der Waals surface area contributed by atoms with E-state index in [-0.39, 0.29) is 11.7 Å². The van der Waals surface area contributed by atoms with Crippen molar-refractivity contribution in [2.45, 2.75) is 6.92 Å². The van der Waals surface area contributed by atoms with Crippen molar-refractivity contribution in [2.24, 2.45) is 4.99 Å². The first kappa shape index (κ1) is 16.1. The molecule has 0 spiro atoms. The fourth-order valence-electron chi connectivity index (χ4n) is 2.21. The third kappa shape index (κ3) is 3.94. The Balaban J connectivity index is 1.80. The number of aliphatic imine (C=N–C) groups is 1. The van der Waals surface area contributed by atoms with Gasteiger partial charge in [-0.15, -0.1) is 0 Å². The molecule has 0 radical (unpaired) electrons. The number of hydrogen-bond acceptors (Lipinski definition) is 4. The molecule has 0 atom stereocenters. The van der Waals surface area contributed by atoms with Gasteiger partial charge in [0.15, 0.2) is 5.17 Å². The van der Waals surface area contributed by atoms with Gasteiger partial charge in [-0.2, -0.15) is 0 Å². The van der Waals surface area contributed by atoms with Crippen molar-refractivity contribution in [1.82, 2.24) is 5.32 Å². The molecule has 2 aromatic rings. The fourth-order valence-corrected chi connectivity index (χ4v) is 3.09. The Morgan fingerprint density at radius 1 is 1.12 bits per heavy atom. The molecule has 120 valence electrons. The van der Waals surface area contributed by atoms with Gasteiger partial charge in [-0.1, -0.05) is 48.5 Å². The van der Waals surface area contributed by atoms with Crippen LogP contribution in [0.1, 0.15) is 12.5 Å². The molecule has 0 aliphatic carbocycles. The average molecular weight is 336 g/mol. The molecular formula is C19H16N2O2S. The van der Waals surface area contributed by atoms with E-state index in [4.69, 9.17) is 0 Å². The van der Waals surface area contributed by atoms with E-state index in [2.05, 4.69) is 10.3 Å². The number of allylic oxidation sites excluding steroid dienone is 2. The van der Waals surface area contributed by atoms with Crippen molar-refractivity contribution in [2.75, 3.05) is 0 Å². The molecule has 2 aromatic carbocycles. The largest absolute Gasteiger partial charge is 0.506 e. The highest BCUT2D eigenvalue weighted by atomic mass is 32.2. The van der Waals surface area contributed by atoms with E-state index < -0.39 is 0 Å². The van der Waals surface area contributed by atoms with Crippen molar-refractivity contribution in [3.05, 3.63) is 76.7 Å². The predicted molar refractivity (Wildman–Crippen MR) is 99.1 cm³/mol. The molecule has 4 nitrogen and oxygen atoms in total. The molecule has 3 rings (SSSR count). The van der Waals surface area contributed by atoms with Crippen LogP contribution in [0, 0.1) is 0 Å². The zero-order valence-corrected chi connectivity index (χ0v) is 13.9. The van der Waals surface area contributed by atoms with Gasteiger partial charge in [0, 0.05) is 0 Å². The van der Waals surface area contributed by atoms with Crippen LogP contribution in [0.25, 0.3) is 6.08 Å². The lowest BCUT2D eigenvalue weighted by Gasteiger charge is -1.98. The fraction of sp³-hybridized carbons (Fsp3) is 0.0526. The summed E-state index contributed by atoms with van der Waals surface area (Å²) in [5.41, 5.74) is 2.49. The minimum absolute atomic E-state index is 0.0810. The standard InChI is InChI=1S/C19H16N2O2S/c1-13(11-14-7-3-2-4-8-14)12-17-18(23)21-19(24-17)20-15-9-5-6-10-16(15)22/h2-12,22H,1H3,(H,20,21,23)/b13-11+,17-12-. The summed E-state index contributed by atoms with van der Waals surface area (Å²) in [7, 11) is 0. The van der Waals surface area contributed by atoms with Gasteiger partial charge in [0.25, 0.3) is 5.91 Å². The lowest BCUT2D eigenvalue weighted by Crippen LogP contribution is -2.19. The van der Waals surface area contributed by atoms with E-state index in [1.807, 2.05) is 49.4 Å². The van der Waals surface area contributed by atoms with E-state index >= 15 is 0 Å². The highest BCUT2D eigenvalue weighted by molar-refractivity contribution is 8.18. The second-order valence-electron chi connectivity index (χ2n) is 5.27. The minimum Gasteiger partial charge on any atom is -0.506 e. The Bertz CT molecular complexity index is 855. The highest BCUT2D eigenvalue weighted by Crippen LogP contribution is 2.31. The Hall–Kier alpha value is -2.79. The molecule has 0 unspecified atom stereocenters. The molecule has 0 aromatic heterocycles. The van der Waals surface area contributed by atoms with Crippen molar-refractivity contribution in [3.8, 4) is 5.75 Å². The molecule has 0 saturated carbocycles. The summed E-state index contributed by atoms with van der Waals surface area (Å²) in [6.07, 6.45) is 3.85. The van der Waals surface area contributed by atoms with Crippen LogP contribution in [-0.2, 0) is 4.79 Å². The number of amidine groups is 1. The first-order valence-electron chi connectivity index (χ1n) is 7.43. The maximum Gasteiger partial charge on any atom is 0.264 e. The second-order valence-corrected chi connectivity index (χ2v) is 6.30. The number of hydrogen-bond donors (Lipinski definition) is 2. The van der Waals surface area contributed by atoms with Crippen molar-refractivity contribution in [3.63, 3.8) is 0 Å². The minimum atomic E-state index is -0.185. The van der Waals surface area contributed by atoms with Gasteiger partial charge in [-0.3, -0.25) is 4.79 Å². The van der Waals surface area contributed by atoms with Gasteiger partial charge in [-0.25, -0.2) is 4.99 Å². The third-order valence-electron chi connectivity index (χ3n) is 3.31. The number of carbonyl (C=O) groups excluding carboxylic acids is 1. The predicted octanol–water partition coefficient (Wildman–Crippen LogP) is 4.23. The number of thioether (sulfide) groups is 1. The maximum absolute atomic E-state index is 12.1. The van der Waals surface area contributed by atoms with Crippen LogP contribution in [0.5, 0.6) is 5.75 Å².